The van der Waals surface area contributed by atoms with E-state index >= 15 is 0 Å². The van der Waals surface area contributed by atoms with Crippen LogP contribution in [0.4, 0.5) is 0 Å². The Balaban J connectivity index is 1.54. The zero-order valence-corrected chi connectivity index (χ0v) is 19.0. The molecule has 1 heterocycles. The molecule has 3 nitrogen and oxygen atoms in total. The van der Waals surface area contributed by atoms with E-state index in [1.807, 2.05) is 18.2 Å². The van der Waals surface area contributed by atoms with Gasteiger partial charge in [0.2, 0.25) is 5.91 Å². The lowest BCUT2D eigenvalue weighted by molar-refractivity contribution is -0.127. The smallest absolute Gasteiger partial charge is 0.223 e. The Kier molecular flexibility index (Phi) is 7.61. The third-order valence-corrected chi connectivity index (χ3v) is 6.61. The number of aryl methyl sites for hydroxylation is 2. The van der Waals surface area contributed by atoms with Crippen molar-refractivity contribution in [2.75, 3.05) is 13.1 Å². The van der Waals surface area contributed by atoms with Crippen molar-refractivity contribution in [1.29, 1.82) is 0 Å². The zero-order valence-electron chi connectivity index (χ0n) is 17.5. The van der Waals surface area contributed by atoms with E-state index in [1.54, 1.807) is 0 Å². The van der Waals surface area contributed by atoms with Crippen molar-refractivity contribution in [3.8, 4) is 0 Å². The molecule has 0 spiro atoms. The molecule has 0 aliphatic carbocycles. The molecule has 1 amide bonds. The molecule has 1 saturated heterocycles. The van der Waals surface area contributed by atoms with Gasteiger partial charge in [-0.1, -0.05) is 60.0 Å². The number of carbonyl (C=O) groups excluding carboxylic acids is 1. The minimum Gasteiger partial charge on any atom is -0.349 e. The first-order chi connectivity index (χ1) is 13.9. The summed E-state index contributed by atoms with van der Waals surface area (Å²) in [5.74, 6) is 0.269. The number of carbonyl (C=O) groups is 1. The predicted octanol–water partition coefficient (Wildman–Crippen LogP) is 6.09. The van der Waals surface area contributed by atoms with Gasteiger partial charge in [-0.3, -0.25) is 9.69 Å². The van der Waals surface area contributed by atoms with E-state index in [2.05, 4.69) is 49.2 Å². The van der Waals surface area contributed by atoms with Crippen molar-refractivity contribution in [1.82, 2.24) is 10.2 Å². The van der Waals surface area contributed by atoms with Gasteiger partial charge in [-0.25, -0.2) is 0 Å². The number of hydrogen-bond acceptors (Lipinski definition) is 2. The molecular weight excluding hydrogens is 403 g/mol. The van der Waals surface area contributed by atoms with Gasteiger partial charge in [0.15, 0.2) is 0 Å². The highest BCUT2D eigenvalue weighted by atomic mass is 35.5. The van der Waals surface area contributed by atoms with Crippen LogP contribution in [0.25, 0.3) is 0 Å². The molecule has 0 aromatic heterocycles. The summed E-state index contributed by atoms with van der Waals surface area (Å²) in [6, 6.07) is 12.3. The fraction of sp³-hybridized carbons (Fsp3) is 0.458. The molecule has 0 bridgehead atoms. The monoisotopic (exact) mass is 432 g/mol. The van der Waals surface area contributed by atoms with E-state index in [0.29, 0.717) is 10.0 Å². The van der Waals surface area contributed by atoms with Crippen LogP contribution in [-0.2, 0) is 11.3 Å². The van der Waals surface area contributed by atoms with E-state index in [-0.39, 0.29) is 17.9 Å². The molecule has 1 aliphatic heterocycles. The van der Waals surface area contributed by atoms with E-state index in [1.165, 1.54) is 16.7 Å². The van der Waals surface area contributed by atoms with Gasteiger partial charge in [0.1, 0.15) is 0 Å². The topological polar surface area (TPSA) is 32.3 Å². The summed E-state index contributed by atoms with van der Waals surface area (Å²) in [7, 11) is 0. The quantitative estimate of drug-likeness (QED) is 0.598. The maximum atomic E-state index is 12.9. The molecule has 156 valence electrons. The maximum absolute atomic E-state index is 12.9. The number of benzene rings is 2. The number of nitrogens with one attached hydrogen (secondary N) is 1. The highest BCUT2D eigenvalue weighted by Crippen LogP contribution is 2.26. The van der Waals surface area contributed by atoms with Crippen LogP contribution in [0.5, 0.6) is 0 Å². The van der Waals surface area contributed by atoms with Gasteiger partial charge >= 0.3 is 0 Å². The fourth-order valence-corrected chi connectivity index (χ4v) is 4.48. The van der Waals surface area contributed by atoms with Crippen LogP contribution in [0.2, 0.25) is 10.0 Å². The lowest BCUT2D eigenvalue weighted by atomic mass is 9.93. The van der Waals surface area contributed by atoms with Crippen molar-refractivity contribution >= 4 is 29.1 Å². The highest BCUT2D eigenvalue weighted by Gasteiger charge is 2.27. The largest absolute Gasteiger partial charge is 0.349 e. The van der Waals surface area contributed by atoms with E-state index in [0.717, 1.165) is 44.5 Å². The van der Waals surface area contributed by atoms with E-state index in [9.17, 15) is 4.79 Å². The number of hydrogen-bond donors (Lipinski definition) is 1. The van der Waals surface area contributed by atoms with Gasteiger partial charge < -0.3 is 5.32 Å². The fourth-order valence-electron chi connectivity index (χ4n) is 4.16. The molecule has 2 aromatic rings. The summed E-state index contributed by atoms with van der Waals surface area (Å²) >= 11 is 12.1. The molecule has 1 aliphatic rings. The molecule has 0 radical (unpaired) electrons. The number of rotatable bonds is 6. The molecule has 29 heavy (non-hydrogen) atoms. The average molecular weight is 433 g/mol. The molecule has 5 heteroatoms. The number of nitrogens with zero attached hydrogens (tertiary/aromatic N) is 1. The van der Waals surface area contributed by atoms with Crippen LogP contribution in [0.15, 0.2) is 36.4 Å². The second-order valence-electron chi connectivity index (χ2n) is 8.13. The van der Waals surface area contributed by atoms with Crippen molar-refractivity contribution in [2.45, 2.75) is 52.6 Å². The van der Waals surface area contributed by atoms with Gasteiger partial charge in [0, 0.05) is 12.5 Å². The van der Waals surface area contributed by atoms with Gasteiger partial charge in [-0.15, -0.1) is 0 Å². The predicted molar refractivity (Wildman–Crippen MR) is 122 cm³/mol. The maximum Gasteiger partial charge on any atom is 0.223 e. The molecule has 0 unspecified atom stereocenters. The average Bonchev–Trinajstić information content (AvgIpc) is 2.70. The van der Waals surface area contributed by atoms with Crippen LogP contribution in [0, 0.1) is 19.8 Å². The lowest BCUT2D eigenvalue weighted by Gasteiger charge is -2.32. The second-order valence-corrected chi connectivity index (χ2v) is 8.94. The third-order valence-electron chi connectivity index (χ3n) is 5.87. The molecule has 1 N–H and O–H groups in total. The van der Waals surface area contributed by atoms with E-state index in [4.69, 9.17) is 23.2 Å². The molecule has 1 atom stereocenters. The zero-order chi connectivity index (χ0) is 21.0. The first-order valence-corrected chi connectivity index (χ1v) is 11.2. The molecular formula is C24H30Cl2N2O. The Morgan fingerprint density at radius 1 is 1.10 bits per heavy atom. The summed E-state index contributed by atoms with van der Waals surface area (Å²) in [6.07, 6.45) is 2.67. The minimum atomic E-state index is 0.0809. The first-order valence-electron chi connectivity index (χ1n) is 10.4. The Hall–Kier alpha value is -1.55. The lowest BCUT2D eigenvalue weighted by Crippen LogP contribution is -2.41. The van der Waals surface area contributed by atoms with Gasteiger partial charge in [0.05, 0.1) is 16.1 Å². The van der Waals surface area contributed by atoms with Crippen LogP contribution < -0.4 is 5.32 Å². The van der Waals surface area contributed by atoms with Crippen molar-refractivity contribution in [3.63, 3.8) is 0 Å². The third kappa shape index (κ3) is 5.75. The highest BCUT2D eigenvalue weighted by molar-refractivity contribution is 6.42. The summed E-state index contributed by atoms with van der Waals surface area (Å²) in [6.45, 7) is 9.02. The Morgan fingerprint density at radius 2 is 1.83 bits per heavy atom. The van der Waals surface area contributed by atoms with E-state index < -0.39 is 0 Å². The molecule has 2 aromatic carbocycles. The SMILES string of the molecule is CC[C@@H](NC(=O)C1CCN(Cc2ccc(Cl)c(Cl)c2)CC1)c1ccc(C)cc1C. The molecule has 1 fully saturated rings. The number of likely N-dealkylation sites (tertiary alicyclic amines) is 1. The first kappa shape index (κ1) is 22.1. The van der Waals surface area contributed by atoms with Crippen LogP contribution in [-0.4, -0.2) is 23.9 Å². The summed E-state index contributed by atoms with van der Waals surface area (Å²) in [4.78, 5) is 15.3. The number of amides is 1. The minimum absolute atomic E-state index is 0.0809. The van der Waals surface area contributed by atoms with Gasteiger partial charge in [-0.2, -0.15) is 0 Å². The summed E-state index contributed by atoms with van der Waals surface area (Å²) in [5, 5.41) is 4.48. The molecule has 3 rings (SSSR count). The van der Waals surface area contributed by atoms with Crippen LogP contribution in [0.3, 0.4) is 0 Å². The van der Waals surface area contributed by atoms with Gasteiger partial charge in [0.25, 0.3) is 0 Å². The van der Waals surface area contributed by atoms with Crippen LogP contribution in [0.1, 0.15) is 54.5 Å². The standard InChI is InChI=1S/C24H30Cl2N2O/c1-4-23(20-7-5-16(2)13-17(20)3)27-24(29)19-9-11-28(12-10-19)15-18-6-8-21(25)22(26)14-18/h5-8,13-14,19,23H,4,9-12,15H2,1-3H3,(H,27,29)/t23-/m1/s1. The second kappa shape index (κ2) is 9.97. The van der Waals surface area contributed by atoms with Crippen molar-refractivity contribution in [3.05, 3.63) is 68.7 Å². The Labute approximate surface area is 184 Å². The summed E-state index contributed by atoms with van der Waals surface area (Å²) < 4.78 is 0. The summed E-state index contributed by atoms with van der Waals surface area (Å²) in [5.41, 5.74) is 4.88. The Bertz CT molecular complexity index is 860. The number of piperidine rings is 1. The Morgan fingerprint density at radius 3 is 2.45 bits per heavy atom. The number of halogens is 2. The molecule has 0 saturated carbocycles. The normalized spacial score (nSPS) is 16.6. The van der Waals surface area contributed by atoms with Crippen molar-refractivity contribution in [2.24, 2.45) is 5.92 Å². The van der Waals surface area contributed by atoms with Crippen LogP contribution >= 0.6 is 23.2 Å². The van der Waals surface area contributed by atoms with Crippen molar-refractivity contribution < 1.29 is 4.79 Å². The van der Waals surface area contributed by atoms with Gasteiger partial charge in [-0.05, 0) is 75.0 Å².